The number of hydrogen-bond acceptors (Lipinski definition) is 2. The zero-order chi connectivity index (χ0) is 13.5. The second-order valence-electron chi connectivity index (χ2n) is 5.34. The van der Waals surface area contributed by atoms with Crippen LogP contribution in [0.15, 0.2) is 30.3 Å². The van der Waals surface area contributed by atoms with Crippen molar-refractivity contribution in [2.45, 2.75) is 38.6 Å². The molecular formula is C16H24N2O. The Kier molecular flexibility index (Phi) is 5.40. The average Bonchev–Trinajstić information content (AvgIpc) is 2.46. The molecule has 1 fully saturated rings. The predicted octanol–water partition coefficient (Wildman–Crippen LogP) is 2.12. The van der Waals surface area contributed by atoms with Crippen LogP contribution < -0.4 is 10.6 Å². The third-order valence-electron chi connectivity index (χ3n) is 3.98. The molecule has 0 spiro atoms. The minimum Gasteiger partial charge on any atom is -0.354 e. The zero-order valence-electron chi connectivity index (χ0n) is 11.7. The van der Waals surface area contributed by atoms with Gasteiger partial charge in [-0.1, -0.05) is 43.7 Å². The number of amides is 1. The molecule has 3 nitrogen and oxygen atoms in total. The van der Waals surface area contributed by atoms with E-state index in [0.29, 0.717) is 18.4 Å². The molecule has 1 aromatic rings. The summed E-state index contributed by atoms with van der Waals surface area (Å²) in [5.74, 6) is 0.819. The van der Waals surface area contributed by atoms with Crippen molar-refractivity contribution in [2.24, 2.45) is 5.92 Å². The van der Waals surface area contributed by atoms with Crippen molar-refractivity contribution in [3.63, 3.8) is 0 Å². The molecule has 0 radical (unpaired) electrons. The van der Waals surface area contributed by atoms with Gasteiger partial charge >= 0.3 is 0 Å². The van der Waals surface area contributed by atoms with Crippen LogP contribution >= 0.6 is 0 Å². The monoisotopic (exact) mass is 260 g/mol. The van der Waals surface area contributed by atoms with Gasteiger partial charge in [0.2, 0.25) is 5.91 Å². The first kappa shape index (κ1) is 14.1. The standard InChI is InChI=1S/C16H24N2O/c1-2-14-9-6-10-17-15(14)12-18-16(19)11-13-7-4-3-5-8-13/h3-5,7-8,14-15,17H,2,6,9-12H2,1H3,(H,18,19). The fourth-order valence-electron chi connectivity index (χ4n) is 2.81. The molecule has 1 heterocycles. The number of benzene rings is 1. The summed E-state index contributed by atoms with van der Waals surface area (Å²) in [5, 5.41) is 6.59. The van der Waals surface area contributed by atoms with Crippen molar-refractivity contribution in [3.8, 4) is 0 Å². The molecule has 1 aliphatic heterocycles. The van der Waals surface area contributed by atoms with Gasteiger partial charge in [-0.15, -0.1) is 0 Å². The first-order valence-corrected chi connectivity index (χ1v) is 7.33. The minimum absolute atomic E-state index is 0.119. The molecule has 0 saturated carbocycles. The summed E-state index contributed by atoms with van der Waals surface area (Å²) in [5.41, 5.74) is 1.07. The lowest BCUT2D eigenvalue weighted by Gasteiger charge is -2.32. The first-order valence-electron chi connectivity index (χ1n) is 7.33. The van der Waals surface area contributed by atoms with Crippen LogP contribution in [0.5, 0.6) is 0 Å². The third kappa shape index (κ3) is 4.35. The zero-order valence-corrected chi connectivity index (χ0v) is 11.7. The Balaban J connectivity index is 1.76. The van der Waals surface area contributed by atoms with E-state index < -0.39 is 0 Å². The Morgan fingerprint density at radius 2 is 2.16 bits per heavy atom. The molecule has 2 atom stereocenters. The van der Waals surface area contributed by atoms with Gasteiger partial charge in [0, 0.05) is 12.6 Å². The summed E-state index contributed by atoms with van der Waals surface area (Å²) in [6.07, 6.45) is 4.20. The maximum absolute atomic E-state index is 11.9. The van der Waals surface area contributed by atoms with Crippen LogP contribution in [0.25, 0.3) is 0 Å². The van der Waals surface area contributed by atoms with Crippen LogP contribution in [0, 0.1) is 5.92 Å². The second-order valence-corrected chi connectivity index (χ2v) is 5.34. The number of carbonyl (C=O) groups is 1. The highest BCUT2D eigenvalue weighted by Crippen LogP contribution is 2.19. The maximum atomic E-state index is 11.9. The fourth-order valence-corrected chi connectivity index (χ4v) is 2.81. The van der Waals surface area contributed by atoms with Gasteiger partial charge in [0.05, 0.1) is 6.42 Å². The Labute approximate surface area is 115 Å². The molecule has 1 aromatic carbocycles. The van der Waals surface area contributed by atoms with Crippen molar-refractivity contribution < 1.29 is 4.79 Å². The van der Waals surface area contributed by atoms with Crippen molar-refractivity contribution in [1.82, 2.24) is 10.6 Å². The summed E-state index contributed by atoms with van der Waals surface area (Å²) >= 11 is 0. The van der Waals surface area contributed by atoms with Gasteiger partial charge < -0.3 is 10.6 Å². The summed E-state index contributed by atoms with van der Waals surface area (Å²) in [6.45, 7) is 4.07. The van der Waals surface area contributed by atoms with E-state index in [-0.39, 0.29) is 5.91 Å². The number of rotatable bonds is 5. The lowest BCUT2D eigenvalue weighted by Crippen LogP contribution is -2.48. The fraction of sp³-hybridized carbons (Fsp3) is 0.562. The topological polar surface area (TPSA) is 41.1 Å². The number of piperidine rings is 1. The highest BCUT2D eigenvalue weighted by atomic mass is 16.1. The number of carbonyl (C=O) groups excluding carboxylic acids is 1. The van der Waals surface area contributed by atoms with Crippen LogP contribution in [0.2, 0.25) is 0 Å². The van der Waals surface area contributed by atoms with Crippen LogP contribution in [0.4, 0.5) is 0 Å². The summed E-state index contributed by atoms with van der Waals surface area (Å²) in [7, 11) is 0. The highest BCUT2D eigenvalue weighted by Gasteiger charge is 2.23. The number of nitrogens with one attached hydrogen (secondary N) is 2. The molecule has 1 aliphatic rings. The van der Waals surface area contributed by atoms with Crippen molar-refractivity contribution in [1.29, 1.82) is 0 Å². The molecular weight excluding hydrogens is 236 g/mol. The largest absolute Gasteiger partial charge is 0.354 e. The highest BCUT2D eigenvalue weighted by molar-refractivity contribution is 5.78. The maximum Gasteiger partial charge on any atom is 0.224 e. The van der Waals surface area contributed by atoms with Crippen LogP contribution in [-0.4, -0.2) is 25.0 Å². The quantitative estimate of drug-likeness (QED) is 0.851. The van der Waals surface area contributed by atoms with Crippen molar-refractivity contribution in [3.05, 3.63) is 35.9 Å². The molecule has 2 unspecified atom stereocenters. The second kappa shape index (κ2) is 7.29. The van der Waals surface area contributed by atoms with Gasteiger partial charge in [0.1, 0.15) is 0 Å². The molecule has 0 aromatic heterocycles. The Morgan fingerprint density at radius 1 is 1.37 bits per heavy atom. The van der Waals surface area contributed by atoms with E-state index in [4.69, 9.17) is 0 Å². The van der Waals surface area contributed by atoms with E-state index in [1.54, 1.807) is 0 Å². The van der Waals surface area contributed by atoms with E-state index in [9.17, 15) is 4.79 Å². The lowest BCUT2D eigenvalue weighted by molar-refractivity contribution is -0.120. The Hall–Kier alpha value is -1.35. The van der Waals surface area contributed by atoms with Crippen LogP contribution in [-0.2, 0) is 11.2 Å². The number of hydrogen-bond donors (Lipinski definition) is 2. The Morgan fingerprint density at radius 3 is 2.89 bits per heavy atom. The van der Waals surface area contributed by atoms with E-state index in [1.165, 1.54) is 19.3 Å². The van der Waals surface area contributed by atoms with E-state index in [2.05, 4.69) is 17.6 Å². The van der Waals surface area contributed by atoms with Gasteiger partial charge in [0.25, 0.3) is 0 Å². The normalized spacial score (nSPS) is 23.0. The molecule has 19 heavy (non-hydrogen) atoms. The summed E-state index contributed by atoms with van der Waals surface area (Å²) in [6, 6.07) is 10.3. The summed E-state index contributed by atoms with van der Waals surface area (Å²) < 4.78 is 0. The van der Waals surface area contributed by atoms with Gasteiger partial charge in [-0.25, -0.2) is 0 Å². The molecule has 104 valence electrons. The lowest BCUT2D eigenvalue weighted by atomic mass is 9.88. The first-order chi connectivity index (χ1) is 9.29. The molecule has 1 amide bonds. The predicted molar refractivity (Wildman–Crippen MR) is 78.0 cm³/mol. The van der Waals surface area contributed by atoms with Gasteiger partial charge in [-0.05, 0) is 30.9 Å². The van der Waals surface area contributed by atoms with Crippen LogP contribution in [0.3, 0.4) is 0 Å². The van der Waals surface area contributed by atoms with Gasteiger partial charge in [-0.3, -0.25) is 4.79 Å². The van der Waals surface area contributed by atoms with Gasteiger partial charge in [-0.2, -0.15) is 0 Å². The van der Waals surface area contributed by atoms with Crippen molar-refractivity contribution in [2.75, 3.05) is 13.1 Å². The Bertz CT molecular complexity index is 391. The van der Waals surface area contributed by atoms with Gasteiger partial charge in [0.15, 0.2) is 0 Å². The van der Waals surface area contributed by atoms with E-state index >= 15 is 0 Å². The summed E-state index contributed by atoms with van der Waals surface area (Å²) in [4.78, 5) is 11.9. The molecule has 2 rings (SSSR count). The SMILES string of the molecule is CCC1CCCNC1CNC(=O)Cc1ccccc1. The molecule has 0 bridgehead atoms. The molecule has 3 heteroatoms. The molecule has 2 N–H and O–H groups in total. The van der Waals surface area contributed by atoms with Crippen LogP contribution in [0.1, 0.15) is 31.7 Å². The molecule has 0 aliphatic carbocycles. The third-order valence-corrected chi connectivity index (χ3v) is 3.98. The molecule has 1 saturated heterocycles. The van der Waals surface area contributed by atoms with E-state index in [1.807, 2.05) is 30.3 Å². The average molecular weight is 260 g/mol. The minimum atomic E-state index is 0.119. The smallest absolute Gasteiger partial charge is 0.224 e. The van der Waals surface area contributed by atoms with Crippen molar-refractivity contribution >= 4 is 5.91 Å². The van der Waals surface area contributed by atoms with E-state index in [0.717, 1.165) is 18.7 Å².